The number of carbonyl (C=O) groups is 1. The van der Waals surface area contributed by atoms with Gasteiger partial charge in [0.25, 0.3) is 5.91 Å². The van der Waals surface area contributed by atoms with Gasteiger partial charge in [-0.15, -0.1) is 11.3 Å². The zero-order valence-corrected chi connectivity index (χ0v) is 18.0. The third-order valence-electron chi connectivity index (χ3n) is 5.72. The number of benzene rings is 1. The summed E-state index contributed by atoms with van der Waals surface area (Å²) in [5, 5.41) is 3.23. The van der Waals surface area contributed by atoms with Crippen LogP contribution >= 0.6 is 11.3 Å². The Bertz CT molecular complexity index is 776. The predicted octanol–water partition coefficient (Wildman–Crippen LogP) is 4.75. The van der Waals surface area contributed by atoms with Crippen LogP contribution in [0.5, 0.6) is 5.75 Å². The molecule has 0 radical (unpaired) electrons. The summed E-state index contributed by atoms with van der Waals surface area (Å²) < 4.78 is 10.9. The maximum absolute atomic E-state index is 12.9. The van der Waals surface area contributed by atoms with Gasteiger partial charge in [0.1, 0.15) is 5.75 Å². The summed E-state index contributed by atoms with van der Waals surface area (Å²) in [6.45, 7) is 6.42. The van der Waals surface area contributed by atoms with Crippen LogP contribution in [0.4, 0.5) is 0 Å². The first-order valence-corrected chi connectivity index (χ1v) is 11.1. The maximum atomic E-state index is 12.9. The summed E-state index contributed by atoms with van der Waals surface area (Å²) in [6, 6.07) is 10.3. The number of thiophene rings is 1. The molecule has 1 N–H and O–H groups in total. The van der Waals surface area contributed by atoms with Crippen molar-refractivity contribution in [1.29, 1.82) is 0 Å². The molecule has 0 spiro atoms. The number of hydrogen-bond acceptors (Lipinski definition) is 4. The molecule has 1 aliphatic heterocycles. The molecule has 28 heavy (non-hydrogen) atoms. The van der Waals surface area contributed by atoms with Crippen LogP contribution in [-0.2, 0) is 23.0 Å². The summed E-state index contributed by atoms with van der Waals surface area (Å²) in [5.74, 6) is 0.894. The van der Waals surface area contributed by atoms with Crippen LogP contribution in [-0.4, -0.2) is 32.8 Å². The highest BCUT2D eigenvalue weighted by molar-refractivity contribution is 7.14. The second-order valence-corrected chi connectivity index (χ2v) is 8.60. The van der Waals surface area contributed by atoms with Crippen molar-refractivity contribution in [2.24, 2.45) is 0 Å². The van der Waals surface area contributed by atoms with Crippen LogP contribution in [0.2, 0.25) is 0 Å². The molecule has 5 heteroatoms. The molecule has 1 aromatic carbocycles. The molecule has 0 atom stereocenters. The van der Waals surface area contributed by atoms with Gasteiger partial charge >= 0.3 is 0 Å². The van der Waals surface area contributed by atoms with Crippen LogP contribution in [0.15, 0.2) is 30.3 Å². The molecule has 0 aliphatic carbocycles. The van der Waals surface area contributed by atoms with Crippen molar-refractivity contribution in [2.75, 3.05) is 26.9 Å². The first-order valence-electron chi connectivity index (χ1n) is 10.2. The van der Waals surface area contributed by atoms with Crippen molar-refractivity contribution in [1.82, 2.24) is 5.32 Å². The van der Waals surface area contributed by atoms with Gasteiger partial charge in [0, 0.05) is 30.1 Å². The quantitative estimate of drug-likeness (QED) is 0.694. The minimum absolute atomic E-state index is 0.0430. The van der Waals surface area contributed by atoms with E-state index in [0.717, 1.165) is 55.9 Å². The van der Waals surface area contributed by atoms with E-state index in [-0.39, 0.29) is 11.3 Å². The monoisotopic (exact) mass is 401 g/mol. The summed E-state index contributed by atoms with van der Waals surface area (Å²) >= 11 is 1.65. The Morgan fingerprint density at radius 3 is 2.54 bits per heavy atom. The van der Waals surface area contributed by atoms with Crippen molar-refractivity contribution >= 4 is 17.2 Å². The minimum atomic E-state index is -0.0860. The smallest absolute Gasteiger partial charge is 0.261 e. The molecule has 0 bridgehead atoms. The molecular formula is C23H31NO3S. The van der Waals surface area contributed by atoms with E-state index in [4.69, 9.17) is 9.47 Å². The van der Waals surface area contributed by atoms with E-state index in [1.165, 1.54) is 16.0 Å². The largest absolute Gasteiger partial charge is 0.497 e. The lowest BCUT2D eigenvalue weighted by atomic mass is 9.74. The van der Waals surface area contributed by atoms with Gasteiger partial charge in [0.2, 0.25) is 0 Å². The Labute approximate surface area is 172 Å². The normalized spacial score (nSPS) is 16.0. The molecule has 3 rings (SSSR count). The first kappa shape index (κ1) is 20.9. The van der Waals surface area contributed by atoms with Crippen molar-refractivity contribution in [3.8, 4) is 5.75 Å². The molecule has 1 amide bonds. The maximum Gasteiger partial charge on any atom is 0.261 e. The van der Waals surface area contributed by atoms with Crippen LogP contribution < -0.4 is 10.1 Å². The molecule has 1 saturated heterocycles. The Kier molecular flexibility index (Phi) is 7.13. The average molecular weight is 402 g/mol. The number of carbonyl (C=O) groups excluding carboxylic acids is 1. The molecule has 0 unspecified atom stereocenters. The fraction of sp³-hybridized carbons (Fsp3) is 0.522. The van der Waals surface area contributed by atoms with Crippen molar-refractivity contribution in [3.63, 3.8) is 0 Å². The highest BCUT2D eigenvalue weighted by atomic mass is 32.1. The van der Waals surface area contributed by atoms with Crippen molar-refractivity contribution < 1.29 is 14.3 Å². The fourth-order valence-electron chi connectivity index (χ4n) is 3.93. The van der Waals surface area contributed by atoms with E-state index in [2.05, 4.69) is 37.4 Å². The second-order valence-electron chi connectivity index (χ2n) is 7.47. The lowest BCUT2D eigenvalue weighted by molar-refractivity contribution is 0.0487. The van der Waals surface area contributed by atoms with E-state index in [1.54, 1.807) is 18.4 Å². The minimum Gasteiger partial charge on any atom is -0.497 e. The van der Waals surface area contributed by atoms with E-state index in [0.29, 0.717) is 6.54 Å². The molecule has 1 fully saturated rings. The number of hydrogen-bond donors (Lipinski definition) is 1. The first-order chi connectivity index (χ1) is 13.6. The highest BCUT2D eigenvalue weighted by Gasteiger charge is 2.35. The van der Waals surface area contributed by atoms with Gasteiger partial charge in [-0.3, -0.25) is 4.79 Å². The lowest BCUT2D eigenvalue weighted by Crippen LogP contribution is -2.44. The zero-order valence-electron chi connectivity index (χ0n) is 17.2. The van der Waals surface area contributed by atoms with Gasteiger partial charge in [-0.25, -0.2) is 0 Å². The summed E-state index contributed by atoms with van der Waals surface area (Å²) in [5.41, 5.74) is 2.47. The van der Waals surface area contributed by atoms with E-state index >= 15 is 0 Å². The Hall–Kier alpha value is -1.85. The molecule has 2 heterocycles. The van der Waals surface area contributed by atoms with Gasteiger partial charge in [-0.1, -0.05) is 32.4 Å². The Balaban J connectivity index is 1.75. The van der Waals surface area contributed by atoms with Gasteiger partial charge in [0.15, 0.2) is 0 Å². The van der Waals surface area contributed by atoms with Crippen LogP contribution in [0, 0.1) is 0 Å². The summed E-state index contributed by atoms with van der Waals surface area (Å²) in [6.07, 6.45) is 4.95. The Morgan fingerprint density at radius 2 is 1.93 bits per heavy atom. The second kappa shape index (κ2) is 9.57. The van der Waals surface area contributed by atoms with Crippen molar-refractivity contribution in [2.45, 2.75) is 51.4 Å². The average Bonchev–Trinajstić information content (AvgIpc) is 3.16. The van der Waals surface area contributed by atoms with Gasteiger partial charge < -0.3 is 14.8 Å². The third kappa shape index (κ3) is 4.58. The fourth-order valence-corrected chi connectivity index (χ4v) is 5.20. The molecule has 1 aliphatic rings. The van der Waals surface area contributed by atoms with Crippen molar-refractivity contribution in [3.05, 3.63) is 51.2 Å². The van der Waals surface area contributed by atoms with Crippen LogP contribution in [0.3, 0.4) is 0 Å². The SMILES string of the molecule is CCCc1sc(C(=O)NCC2(c3ccc(OC)cc3)CCOCC2)cc1CC. The topological polar surface area (TPSA) is 47.6 Å². The molecule has 152 valence electrons. The molecule has 4 nitrogen and oxygen atoms in total. The number of ether oxygens (including phenoxy) is 2. The molecule has 0 saturated carbocycles. The third-order valence-corrected chi connectivity index (χ3v) is 6.95. The molecule has 1 aromatic heterocycles. The van der Waals surface area contributed by atoms with E-state index in [1.807, 2.05) is 12.1 Å². The summed E-state index contributed by atoms with van der Waals surface area (Å²) in [7, 11) is 1.68. The van der Waals surface area contributed by atoms with Crippen LogP contribution in [0.1, 0.15) is 58.8 Å². The highest BCUT2D eigenvalue weighted by Crippen LogP contribution is 2.35. The molecule has 2 aromatic rings. The predicted molar refractivity (Wildman–Crippen MR) is 115 cm³/mol. The number of amides is 1. The molecular weight excluding hydrogens is 370 g/mol. The number of methoxy groups -OCH3 is 1. The summed E-state index contributed by atoms with van der Waals surface area (Å²) in [4.78, 5) is 15.1. The zero-order chi connectivity index (χ0) is 20.0. The van der Waals surface area contributed by atoms with Gasteiger partial charge in [-0.2, -0.15) is 0 Å². The van der Waals surface area contributed by atoms with E-state index < -0.39 is 0 Å². The standard InChI is InChI=1S/C23H31NO3S/c1-4-6-20-17(5-2)15-21(28-20)22(25)24-16-23(11-13-27-14-12-23)18-7-9-19(26-3)10-8-18/h7-10,15H,4-6,11-14,16H2,1-3H3,(H,24,25). The number of rotatable bonds is 8. The van der Waals surface area contributed by atoms with Gasteiger partial charge in [0.05, 0.1) is 12.0 Å². The van der Waals surface area contributed by atoms with Gasteiger partial charge in [-0.05, 0) is 55.0 Å². The Morgan fingerprint density at radius 1 is 1.21 bits per heavy atom. The van der Waals surface area contributed by atoms with Crippen LogP contribution in [0.25, 0.3) is 0 Å². The number of nitrogens with one attached hydrogen (secondary N) is 1. The number of aryl methyl sites for hydroxylation is 2. The lowest BCUT2D eigenvalue weighted by Gasteiger charge is -2.38. The van der Waals surface area contributed by atoms with E-state index in [9.17, 15) is 4.79 Å².